The van der Waals surface area contributed by atoms with Crippen molar-refractivity contribution < 1.29 is 19.1 Å². The molecule has 0 aliphatic heterocycles. The van der Waals surface area contributed by atoms with Gasteiger partial charge in [-0.15, -0.1) is 0 Å². The highest BCUT2D eigenvalue weighted by Gasteiger charge is 2.11. The zero-order valence-electron chi connectivity index (χ0n) is 19.6. The van der Waals surface area contributed by atoms with Crippen molar-refractivity contribution in [3.8, 4) is 16.9 Å². The molecule has 2 N–H and O–H groups in total. The number of benzene rings is 2. The third-order valence-electron chi connectivity index (χ3n) is 5.60. The summed E-state index contributed by atoms with van der Waals surface area (Å²) in [4.78, 5) is 22.0. The van der Waals surface area contributed by atoms with Crippen molar-refractivity contribution in [2.45, 2.75) is 19.4 Å². The number of carboxylic acid groups (broad SMARTS) is 1. The maximum Gasteiger partial charge on any atom is 0.304 e. The molecule has 8 nitrogen and oxygen atoms in total. The van der Waals surface area contributed by atoms with E-state index in [1.165, 1.54) is 0 Å². The Morgan fingerprint density at radius 1 is 1.00 bits per heavy atom. The van der Waals surface area contributed by atoms with Gasteiger partial charge >= 0.3 is 5.97 Å². The van der Waals surface area contributed by atoms with Crippen molar-refractivity contribution in [1.29, 1.82) is 0 Å². The van der Waals surface area contributed by atoms with Gasteiger partial charge in [0.25, 0.3) is 0 Å². The summed E-state index contributed by atoms with van der Waals surface area (Å²) < 4.78 is 10.6. The Hall–Kier alpha value is -4.17. The average molecular weight is 473 g/mol. The van der Waals surface area contributed by atoms with E-state index >= 15 is 0 Å². The number of furan rings is 1. The molecule has 0 saturated carbocycles. The minimum absolute atomic E-state index is 0.0980. The first-order valence-corrected chi connectivity index (χ1v) is 11.4. The summed E-state index contributed by atoms with van der Waals surface area (Å²) in [6, 6.07) is 19.6. The van der Waals surface area contributed by atoms with E-state index in [1.54, 1.807) is 25.8 Å². The molecule has 0 unspecified atom stereocenters. The molecular weight excluding hydrogens is 444 g/mol. The number of nitrogens with one attached hydrogen (secondary N) is 1. The zero-order valence-corrected chi connectivity index (χ0v) is 19.6. The molecule has 0 aliphatic rings. The Balaban J connectivity index is 1.31. The van der Waals surface area contributed by atoms with Crippen LogP contribution in [0, 0.1) is 0 Å². The third kappa shape index (κ3) is 7.15. The van der Waals surface area contributed by atoms with Gasteiger partial charge in [-0.25, -0.2) is 9.97 Å². The molecule has 0 saturated heterocycles. The summed E-state index contributed by atoms with van der Waals surface area (Å²) in [7, 11) is 1.64. The fourth-order valence-corrected chi connectivity index (χ4v) is 3.64. The molecule has 8 heteroatoms. The topological polar surface area (TPSA) is 101 Å². The first kappa shape index (κ1) is 24.0. The lowest BCUT2D eigenvalue weighted by atomic mass is 10.1. The molecule has 0 amide bonds. The van der Waals surface area contributed by atoms with Gasteiger partial charge in [0.1, 0.15) is 11.5 Å². The maximum absolute atomic E-state index is 11.0. The van der Waals surface area contributed by atoms with Crippen molar-refractivity contribution in [2.24, 2.45) is 0 Å². The first-order chi connectivity index (χ1) is 17.1. The van der Waals surface area contributed by atoms with E-state index in [4.69, 9.17) is 14.3 Å². The highest BCUT2D eigenvalue weighted by molar-refractivity contribution is 5.67. The second kappa shape index (κ2) is 11.8. The predicted octanol–water partition coefficient (Wildman–Crippen LogP) is 5.01. The number of nitrogens with zero attached hydrogens (tertiary/aromatic N) is 3. The number of anilines is 2. The molecule has 0 bridgehead atoms. The van der Waals surface area contributed by atoms with Crippen LogP contribution in [-0.4, -0.2) is 46.1 Å². The summed E-state index contributed by atoms with van der Waals surface area (Å²) in [5.41, 5.74) is 4.00. The van der Waals surface area contributed by atoms with Crippen LogP contribution < -0.4 is 10.1 Å². The summed E-state index contributed by atoms with van der Waals surface area (Å²) in [6.07, 6.45) is 6.10. The summed E-state index contributed by atoms with van der Waals surface area (Å²) in [5.74, 6) is 1.35. The minimum atomic E-state index is -0.802. The van der Waals surface area contributed by atoms with Gasteiger partial charge in [0.2, 0.25) is 5.95 Å². The Morgan fingerprint density at radius 3 is 2.37 bits per heavy atom. The van der Waals surface area contributed by atoms with Gasteiger partial charge in [-0.05, 0) is 53.9 Å². The Bertz CT molecular complexity index is 1190. The quantitative estimate of drug-likeness (QED) is 0.297. The lowest BCUT2D eigenvalue weighted by Gasteiger charge is -2.20. The molecule has 0 fully saturated rings. The number of rotatable bonds is 12. The summed E-state index contributed by atoms with van der Waals surface area (Å²) >= 11 is 0. The molecule has 2 aromatic carbocycles. The van der Waals surface area contributed by atoms with Gasteiger partial charge in [-0.1, -0.05) is 24.3 Å². The van der Waals surface area contributed by atoms with Crippen LogP contribution in [0.4, 0.5) is 11.6 Å². The van der Waals surface area contributed by atoms with Crippen LogP contribution in [0.5, 0.6) is 5.75 Å². The Morgan fingerprint density at radius 2 is 1.74 bits per heavy atom. The normalized spacial score (nSPS) is 10.9. The second-order valence-corrected chi connectivity index (χ2v) is 8.10. The molecule has 2 heterocycles. The number of aromatic nitrogens is 2. The van der Waals surface area contributed by atoms with Crippen LogP contribution >= 0.6 is 0 Å². The number of carbonyl (C=O) groups is 1. The zero-order chi connectivity index (χ0) is 24.5. The van der Waals surface area contributed by atoms with Crippen molar-refractivity contribution in [2.75, 3.05) is 25.5 Å². The highest BCUT2D eigenvalue weighted by atomic mass is 16.5. The fourth-order valence-electron chi connectivity index (χ4n) is 3.64. The molecule has 0 aliphatic carbocycles. The molecule has 180 valence electrons. The van der Waals surface area contributed by atoms with E-state index in [0.29, 0.717) is 19.0 Å². The standard InChI is InChI=1S/C27H28N4O4/c1-34-24-10-6-21(7-11-24)22-17-28-27(29-18-22)30-23-8-4-20(5-9-23)12-14-31(15-13-26(32)33)19-25-3-2-16-35-25/h2-11,16-18H,12-15,19H2,1H3,(H,32,33)(H,28,29,30). The van der Waals surface area contributed by atoms with E-state index in [0.717, 1.165) is 46.9 Å². The van der Waals surface area contributed by atoms with Crippen molar-refractivity contribution >= 4 is 17.6 Å². The van der Waals surface area contributed by atoms with Crippen molar-refractivity contribution in [1.82, 2.24) is 14.9 Å². The monoisotopic (exact) mass is 472 g/mol. The van der Waals surface area contributed by atoms with Gasteiger partial charge in [-0.3, -0.25) is 9.69 Å². The van der Waals surface area contributed by atoms with E-state index in [1.807, 2.05) is 48.5 Å². The summed E-state index contributed by atoms with van der Waals surface area (Å²) in [6.45, 7) is 1.79. The van der Waals surface area contributed by atoms with Crippen molar-refractivity contribution in [3.63, 3.8) is 0 Å². The minimum Gasteiger partial charge on any atom is -0.497 e. The van der Waals surface area contributed by atoms with Crippen LogP contribution in [0.3, 0.4) is 0 Å². The molecule has 0 spiro atoms. The van der Waals surface area contributed by atoms with Gasteiger partial charge in [0.15, 0.2) is 0 Å². The number of hydrogen-bond donors (Lipinski definition) is 2. The highest BCUT2D eigenvalue weighted by Crippen LogP contribution is 2.22. The third-order valence-corrected chi connectivity index (χ3v) is 5.60. The predicted molar refractivity (Wildman–Crippen MR) is 134 cm³/mol. The molecule has 35 heavy (non-hydrogen) atoms. The van der Waals surface area contributed by atoms with Gasteiger partial charge in [-0.2, -0.15) is 0 Å². The van der Waals surface area contributed by atoms with Crippen LogP contribution in [0.15, 0.2) is 83.7 Å². The van der Waals surface area contributed by atoms with Gasteiger partial charge in [0.05, 0.1) is 26.3 Å². The van der Waals surface area contributed by atoms with E-state index in [2.05, 4.69) is 32.3 Å². The summed E-state index contributed by atoms with van der Waals surface area (Å²) in [5, 5.41) is 12.3. The first-order valence-electron chi connectivity index (χ1n) is 11.4. The molecule has 0 radical (unpaired) electrons. The maximum atomic E-state index is 11.0. The lowest BCUT2D eigenvalue weighted by Crippen LogP contribution is -2.28. The van der Waals surface area contributed by atoms with Crippen LogP contribution in [0.25, 0.3) is 11.1 Å². The fraction of sp³-hybridized carbons (Fsp3) is 0.222. The van der Waals surface area contributed by atoms with E-state index < -0.39 is 5.97 Å². The Kier molecular flexibility index (Phi) is 8.08. The largest absolute Gasteiger partial charge is 0.497 e. The second-order valence-electron chi connectivity index (χ2n) is 8.10. The molecule has 4 aromatic rings. The van der Waals surface area contributed by atoms with Crippen molar-refractivity contribution in [3.05, 3.63) is 90.6 Å². The Labute approximate surface area is 204 Å². The van der Waals surface area contributed by atoms with Crippen LogP contribution in [0.2, 0.25) is 0 Å². The average Bonchev–Trinajstić information content (AvgIpc) is 3.40. The number of hydrogen-bond acceptors (Lipinski definition) is 7. The van der Waals surface area contributed by atoms with Gasteiger partial charge in [0, 0.05) is 36.7 Å². The molecular formula is C27H28N4O4. The SMILES string of the molecule is COc1ccc(-c2cnc(Nc3ccc(CCN(CCC(=O)O)Cc4ccco4)cc3)nc2)cc1. The number of aliphatic carboxylic acids is 1. The number of ether oxygens (including phenoxy) is 1. The van der Waals surface area contributed by atoms with E-state index in [-0.39, 0.29) is 6.42 Å². The van der Waals surface area contributed by atoms with E-state index in [9.17, 15) is 4.79 Å². The number of carboxylic acids is 1. The van der Waals surface area contributed by atoms with Gasteiger partial charge < -0.3 is 19.6 Å². The smallest absolute Gasteiger partial charge is 0.304 e. The number of methoxy groups -OCH3 is 1. The van der Waals surface area contributed by atoms with Crippen LogP contribution in [-0.2, 0) is 17.8 Å². The van der Waals surface area contributed by atoms with Crippen LogP contribution in [0.1, 0.15) is 17.7 Å². The lowest BCUT2D eigenvalue weighted by molar-refractivity contribution is -0.137. The molecule has 2 aromatic heterocycles. The molecule has 4 rings (SSSR count). The molecule has 0 atom stereocenters.